The van der Waals surface area contributed by atoms with Gasteiger partial charge in [0.2, 0.25) is 0 Å². The maximum atomic E-state index is 11.7. The van der Waals surface area contributed by atoms with Crippen molar-refractivity contribution < 1.29 is 14.3 Å². The van der Waals surface area contributed by atoms with Crippen LogP contribution in [-0.2, 0) is 16.1 Å². The van der Waals surface area contributed by atoms with E-state index >= 15 is 0 Å². The molecule has 1 N–H and O–H groups in total. The van der Waals surface area contributed by atoms with Crippen LogP contribution in [0, 0.1) is 0 Å². The van der Waals surface area contributed by atoms with Crippen molar-refractivity contribution in [1.29, 1.82) is 0 Å². The van der Waals surface area contributed by atoms with Gasteiger partial charge in [-0.2, -0.15) is 0 Å². The molecule has 0 unspecified atom stereocenters. The molecule has 0 radical (unpaired) electrons. The molecule has 21 heavy (non-hydrogen) atoms. The molecule has 1 aromatic carbocycles. The minimum absolute atomic E-state index is 0.139. The number of nitrogens with zero attached hydrogens (tertiary/aromatic N) is 1. The lowest BCUT2D eigenvalue weighted by Crippen LogP contribution is -2.43. The average molecular weight is 292 g/mol. The lowest BCUT2D eigenvalue weighted by Gasteiger charge is -2.23. The Balaban J connectivity index is 1.70. The van der Waals surface area contributed by atoms with Crippen LogP contribution in [-0.4, -0.2) is 35.9 Å². The molecule has 0 aromatic heterocycles. The van der Waals surface area contributed by atoms with Crippen molar-refractivity contribution >= 4 is 6.09 Å². The molecule has 2 rings (SSSR count). The molecule has 1 aromatic rings. The Morgan fingerprint density at radius 1 is 1.33 bits per heavy atom. The van der Waals surface area contributed by atoms with Crippen LogP contribution in [0.5, 0.6) is 0 Å². The Kier molecular flexibility index (Phi) is 5.20. The highest BCUT2D eigenvalue weighted by molar-refractivity contribution is 5.67. The predicted octanol–water partition coefficient (Wildman–Crippen LogP) is 2.72. The number of hydrogen-bond acceptors (Lipinski definition) is 4. The minimum atomic E-state index is -0.479. The molecular weight excluding hydrogens is 268 g/mol. The van der Waals surface area contributed by atoms with Crippen molar-refractivity contribution in [3.63, 3.8) is 0 Å². The highest BCUT2D eigenvalue weighted by Crippen LogP contribution is 2.14. The van der Waals surface area contributed by atoms with E-state index in [-0.39, 0.29) is 6.10 Å². The molecular formula is C16H24N2O3. The van der Waals surface area contributed by atoms with E-state index < -0.39 is 11.7 Å². The highest BCUT2D eigenvalue weighted by atomic mass is 16.6. The molecule has 0 saturated carbocycles. The van der Waals surface area contributed by atoms with Gasteiger partial charge in [-0.15, -0.1) is 0 Å². The summed E-state index contributed by atoms with van der Waals surface area (Å²) in [5.41, 5.74) is 3.44. The Bertz CT molecular complexity index is 456. The van der Waals surface area contributed by atoms with E-state index in [4.69, 9.17) is 9.47 Å². The first-order valence-electron chi connectivity index (χ1n) is 7.32. The van der Waals surface area contributed by atoms with Crippen LogP contribution in [0.4, 0.5) is 4.79 Å². The third-order valence-electron chi connectivity index (χ3n) is 3.12. The lowest BCUT2D eigenvalue weighted by molar-refractivity contribution is 0.0250. The standard InChI is InChI=1S/C16H24N2O3/c1-16(2,3)21-15(19)17-18-10-9-14(11-18)20-12-13-7-5-4-6-8-13/h4-8,14H,9-12H2,1-3H3,(H,17,19)/t14-/m1/s1. The van der Waals surface area contributed by atoms with Crippen LogP contribution in [0.2, 0.25) is 0 Å². The fourth-order valence-electron chi connectivity index (χ4n) is 2.18. The number of carbonyl (C=O) groups is 1. The largest absolute Gasteiger partial charge is 0.443 e. The smallest absolute Gasteiger partial charge is 0.422 e. The molecule has 1 aliphatic heterocycles. The van der Waals surface area contributed by atoms with Gasteiger partial charge < -0.3 is 9.47 Å². The summed E-state index contributed by atoms with van der Waals surface area (Å²) >= 11 is 0. The fourth-order valence-corrected chi connectivity index (χ4v) is 2.18. The number of nitrogens with one attached hydrogen (secondary N) is 1. The average Bonchev–Trinajstić information content (AvgIpc) is 2.83. The Labute approximate surface area is 126 Å². The molecule has 1 saturated heterocycles. The summed E-state index contributed by atoms with van der Waals surface area (Å²) < 4.78 is 11.1. The second-order valence-corrected chi connectivity index (χ2v) is 6.27. The van der Waals surface area contributed by atoms with Crippen molar-refractivity contribution in [2.24, 2.45) is 0 Å². The van der Waals surface area contributed by atoms with E-state index in [0.29, 0.717) is 13.2 Å². The van der Waals surface area contributed by atoms with Gasteiger partial charge in [0.15, 0.2) is 0 Å². The maximum absolute atomic E-state index is 11.7. The van der Waals surface area contributed by atoms with E-state index in [0.717, 1.165) is 18.5 Å². The molecule has 1 amide bonds. The maximum Gasteiger partial charge on any atom is 0.422 e. The molecule has 1 fully saturated rings. The van der Waals surface area contributed by atoms with Crippen LogP contribution < -0.4 is 5.43 Å². The Morgan fingerprint density at radius 3 is 2.71 bits per heavy atom. The van der Waals surface area contributed by atoms with Gasteiger partial charge in [0.05, 0.1) is 12.7 Å². The zero-order valence-corrected chi connectivity index (χ0v) is 13.0. The van der Waals surface area contributed by atoms with Crippen molar-refractivity contribution in [2.45, 2.75) is 45.5 Å². The van der Waals surface area contributed by atoms with E-state index in [1.165, 1.54) is 0 Å². The summed E-state index contributed by atoms with van der Waals surface area (Å²) in [5, 5.41) is 1.85. The van der Waals surface area contributed by atoms with E-state index in [2.05, 4.69) is 5.43 Å². The van der Waals surface area contributed by atoms with Crippen molar-refractivity contribution in [1.82, 2.24) is 10.4 Å². The van der Waals surface area contributed by atoms with Crippen LogP contribution in [0.25, 0.3) is 0 Å². The molecule has 0 spiro atoms. The van der Waals surface area contributed by atoms with Gasteiger partial charge in [-0.25, -0.2) is 9.80 Å². The number of ether oxygens (including phenoxy) is 2. The number of hydrazine groups is 1. The lowest BCUT2D eigenvalue weighted by atomic mass is 10.2. The highest BCUT2D eigenvalue weighted by Gasteiger charge is 2.26. The van der Waals surface area contributed by atoms with Gasteiger partial charge in [0.1, 0.15) is 5.60 Å². The third kappa shape index (κ3) is 5.73. The van der Waals surface area contributed by atoms with Gasteiger partial charge in [0, 0.05) is 13.1 Å². The van der Waals surface area contributed by atoms with E-state index in [1.807, 2.05) is 56.1 Å². The quantitative estimate of drug-likeness (QED) is 0.927. The summed E-state index contributed by atoms with van der Waals surface area (Å²) in [4.78, 5) is 11.7. The summed E-state index contributed by atoms with van der Waals surface area (Å²) in [6.45, 7) is 7.61. The van der Waals surface area contributed by atoms with Crippen LogP contribution in [0.1, 0.15) is 32.8 Å². The number of hydrogen-bond donors (Lipinski definition) is 1. The summed E-state index contributed by atoms with van der Waals surface area (Å²) in [6, 6.07) is 10.1. The van der Waals surface area contributed by atoms with Crippen LogP contribution >= 0.6 is 0 Å². The predicted molar refractivity (Wildman–Crippen MR) is 80.6 cm³/mol. The first-order valence-corrected chi connectivity index (χ1v) is 7.32. The third-order valence-corrected chi connectivity index (χ3v) is 3.12. The summed E-state index contributed by atoms with van der Waals surface area (Å²) in [6.07, 6.45) is 0.633. The Morgan fingerprint density at radius 2 is 2.05 bits per heavy atom. The van der Waals surface area contributed by atoms with Gasteiger partial charge in [-0.05, 0) is 32.8 Å². The number of amides is 1. The van der Waals surface area contributed by atoms with Crippen molar-refractivity contribution in [3.8, 4) is 0 Å². The number of rotatable bonds is 4. The topological polar surface area (TPSA) is 50.8 Å². The van der Waals surface area contributed by atoms with Gasteiger partial charge in [-0.3, -0.25) is 5.43 Å². The SMILES string of the molecule is CC(C)(C)OC(=O)NN1CC[C@@H](OCc2ccccc2)C1. The minimum Gasteiger partial charge on any atom is -0.443 e. The van der Waals surface area contributed by atoms with Gasteiger partial charge >= 0.3 is 6.09 Å². The molecule has 1 atom stereocenters. The number of benzene rings is 1. The van der Waals surface area contributed by atoms with Gasteiger partial charge in [-0.1, -0.05) is 30.3 Å². The van der Waals surface area contributed by atoms with Crippen LogP contribution in [0.15, 0.2) is 30.3 Å². The summed E-state index contributed by atoms with van der Waals surface area (Å²) in [7, 11) is 0. The normalized spacial score (nSPS) is 19.5. The second-order valence-electron chi connectivity index (χ2n) is 6.27. The zero-order chi connectivity index (χ0) is 15.3. The van der Waals surface area contributed by atoms with E-state index in [9.17, 15) is 4.79 Å². The number of carbonyl (C=O) groups excluding carboxylic acids is 1. The molecule has 5 heteroatoms. The van der Waals surface area contributed by atoms with Crippen molar-refractivity contribution in [2.75, 3.05) is 13.1 Å². The first-order chi connectivity index (χ1) is 9.92. The molecule has 1 aliphatic rings. The zero-order valence-electron chi connectivity index (χ0n) is 13.0. The Hall–Kier alpha value is -1.59. The van der Waals surface area contributed by atoms with E-state index in [1.54, 1.807) is 0 Å². The summed E-state index contributed by atoms with van der Waals surface area (Å²) in [5.74, 6) is 0. The molecule has 1 heterocycles. The van der Waals surface area contributed by atoms with Gasteiger partial charge in [0.25, 0.3) is 0 Å². The fraction of sp³-hybridized carbons (Fsp3) is 0.562. The van der Waals surface area contributed by atoms with Crippen LogP contribution in [0.3, 0.4) is 0 Å². The molecule has 116 valence electrons. The molecule has 0 bridgehead atoms. The molecule has 5 nitrogen and oxygen atoms in total. The monoisotopic (exact) mass is 292 g/mol. The van der Waals surface area contributed by atoms with Crippen molar-refractivity contribution in [3.05, 3.63) is 35.9 Å². The first kappa shape index (κ1) is 15.8. The second kappa shape index (κ2) is 6.91. The molecule has 0 aliphatic carbocycles.